The third-order valence-electron chi connectivity index (χ3n) is 2.41. The summed E-state index contributed by atoms with van der Waals surface area (Å²) < 4.78 is 5.29. The summed E-state index contributed by atoms with van der Waals surface area (Å²) in [5.74, 6) is 0.364. The van der Waals surface area contributed by atoms with Gasteiger partial charge < -0.3 is 15.5 Å². The van der Waals surface area contributed by atoms with Gasteiger partial charge in [0.2, 0.25) is 5.76 Å². The quantitative estimate of drug-likeness (QED) is 0.859. The van der Waals surface area contributed by atoms with Crippen LogP contribution in [-0.4, -0.2) is 17.4 Å². The molecule has 5 nitrogen and oxygen atoms in total. The molecule has 0 bridgehead atoms. The first kappa shape index (κ1) is 12.3. The van der Waals surface area contributed by atoms with E-state index in [-0.39, 0.29) is 11.7 Å². The SMILES string of the molecule is Cc1cccc(NC(=O)c2cnc(CCN)o2)c1. The van der Waals surface area contributed by atoms with E-state index < -0.39 is 0 Å². The highest BCUT2D eigenvalue weighted by atomic mass is 16.4. The van der Waals surface area contributed by atoms with Crippen molar-refractivity contribution in [3.63, 3.8) is 0 Å². The highest BCUT2D eigenvalue weighted by molar-refractivity contribution is 6.02. The van der Waals surface area contributed by atoms with E-state index in [4.69, 9.17) is 10.2 Å². The van der Waals surface area contributed by atoms with Crippen molar-refractivity contribution in [3.8, 4) is 0 Å². The number of nitrogens with zero attached hydrogens (tertiary/aromatic N) is 1. The van der Waals surface area contributed by atoms with Crippen LogP contribution >= 0.6 is 0 Å². The molecule has 5 heteroatoms. The zero-order valence-corrected chi connectivity index (χ0v) is 10.1. The van der Waals surface area contributed by atoms with Crippen LogP contribution in [0, 0.1) is 6.92 Å². The number of anilines is 1. The first-order valence-electron chi connectivity index (χ1n) is 5.72. The first-order chi connectivity index (χ1) is 8.69. The fourth-order valence-electron chi connectivity index (χ4n) is 1.57. The molecule has 2 aromatic rings. The number of carbonyl (C=O) groups excluding carboxylic acids is 1. The molecule has 0 fully saturated rings. The van der Waals surface area contributed by atoms with Crippen molar-refractivity contribution in [3.05, 3.63) is 47.7 Å². The molecule has 1 aromatic heterocycles. The largest absolute Gasteiger partial charge is 0.435 e. The Kier molecular flexibility index (Phi) is 3.74. The molecule has 94 valence electrons. The van der Waals surface area contributed by atoms with Gasteiger partial charge in [0.05, 0.1) is 6.20 Å². The third-order valence-corrected chi connectivity index (χ3v) is 2.41. The molecule has 0 aliphatic carbocycles. The predicted molar refractivity (Wildman–Crippen MR) is 68.4 cm³/mol. The summed E-state index contributed by atoms with van der Waals surface area (Å²) in [5, 5.41) is 2.75. The molecule has 0 saturated heterocycles. The predicted octanol–water partition coefficient (Wildman–Crippen LogP) is 1.74. The normalized spacial score (nSPS) is 10.3. The van der Waals surface area contributed by atoms with Gasteiger partial charge >= 0.3 is 0 Å². The minimum atomic E-state index is -0.309. The summed E-state index contributed by atoms with van der Waals surface area (Å²) in [6, 6.07) is 7.55. The number of hydrogen-bond donors (Lipinski definition) is 2. The van der Waals surface area contributed by atoms with E-state index in [1.807, 2.05) is 31.2 Å². The van der Waals surface area contributed by atoms with Gasteiger partial charge in [-0.25, -0.2) is 4.98 Å². The average Bonchev–Trinajstić information content (AvgIpc) is 2.78. The Hall–Kier alpha value is -2.14. The van der Waals surface area contributed by atoms with Gasteiger partial charge in [0, 0.05) is 18.7 Å². The van der Waals surface area contributed by atoms with Crippen molar-refractivity contribution in [1.29, 1.82) is 0 Å². The van der Waals surface area contributed by atoms with Crippen LogP contribution in [0.5, 0.6) is 0 Å². The molecule has 0 radical (unpaired) electrons. The highest BCUT2D eigenvalue weighted by Crippen LogP contribution is 2.12. The zero-order chi connectivity index (χ0) is 13.0. The van der Waals surface area contributed by atoms with E-state index in [0.29, 0.717) is 18.9 Å². The number of aromatic nitrogens is 1. The molecule has 0 aliphatic heterocycles. The molecule has 0 saturated carbocycles. The monoisotopic (exact) mass is 245 g/mol. The van der Waals surface area contributed by atoms with Gasteiger partial charge in [-0.1, -0.05) is 12.1 Å². The second-order valence-corrected chi connectivity index (χ2v) is 3.98. The molecule has 0 spiro atoms. The Morgan fingerprint density at radius 2 is 2.33 bits per heavy atom. The molecule has 3 N–H and O–H groups in total. The molecular formula is C13H15N3O2. The van der Waals surface area contributed by atoms with Crippen LogP contribution in [0.4, 0.5) is 5.69 Å². The number of benzene rings is 1. The Labute approximate surface area is 105 Å². The van der Waals surface area contributed by atoms with Crippen molar-refractivity contribution in [2.24, 2.45) is 5.73 Å². The number of nitrogens with one attached hydrogen (secondary N) is 1. The van der Waals surface area contributed by atoms with Crippen LogP contribution in [-0.2, 0) is 6.42 Å². The maximum Gasteiger partial charge on any atom is 0.293 e. The number of carbonyl (C=O) groups is 1. The molecule has 1 heterocycles. The lowest BCUT2D eigenvalue weighted by Gasteiger charge is -2.03. The Balaban J connectivity index is 2.07. The first-order valence-corrected chi connectivity index (χ1v) is 5.72. The second-order valence-electron chi connectivity index (χ2n) is 3.98. The van der Waals surface area contributed by atoms with Crippen molar-refractivity contribution < 1.29 is 9.21 Å². The highest BCUT2D eigenvalue weighted by Gasteiger charge is 2.12. The summed E-state index contributed by atoms with van der Waals surface area (Å²) in [6.45, 7) is 2.41. The van der Waals surface area contributed by atoms with Gasteiger partial charge in [-0.05, 0) is 24.6 Å². The third kappa shape index (κ3) is 2.95. The average molecular weight is 245 g/mol. The van der Waals surface area contributed by atoms with Gasteiger partial charge in [-0.2, -0.15) is 0 Å². The summed E-state index contributed by atoms with van der Waals surface area (Å²) in [6.07, 6.45) is 1.94. The number of rotatable bonds is 4. The lowest BCUT2D eigenvalue weighted by Crippen LogP contribution is -2.11. The fraction of sp³-hybridized carbons (Fsp3) is 0.231. The van der Waals surface area contributed by atoms with Crippen molar-refractivity contribution in [2.75, 3.05) is 11.9 Å². The van der Waals surface area contributed by atoms with Crippen molar-refractivity contribution >= 4 is 11.6 Å². The molecule has 18 heavy (non-hydrogen) atoms. The van der Waals surface area contributed by atoms with Gasteiger partial charge in [0.15, 0.2) is 5.89 Å². The molecule has 1 aromatic carbocycles. The van der Waals surface area contributed by atoms with Gasteiger partial charge in [0.25, 0.3) is 5.91 Å². The van der Waals surface area contributed by atoms with E-state index >= 15 is 0 Å². The Morgan fingerprint density at radius 3 is 3.06 bits per heavy atom. The van der Waals surface area contributed by atoms with Crippen molar-refractivity contribution in [1.82, 2.24) is 4.98 Å². The summed E-state index contributed by atoms with van der Waals surface area (Å²) in [7, 11) is 0. The Bertz CT molecular complexity index is 549. The van der Waals surface area contributed by atoms with E-state index in [1.165, 1.54) is 6.20 Å². The van der Waals surface area contributed by atoms with Crippen LogP contribution < -0.4 is 11.1 Å². The van der Waals surface area contributed by atoms with Crippen LogP contribution in [0.25, 0.3) is 0 Å². The minimum Gasteiger partial charge on any atom is -0.435 e. The second kappa shape index (κ2) is 5.46. The number of nitrogens with two attached hydrogens (primary N) is 1. The van der Waals surface area contributed by atoms with Gasteiger partial charge in [0.1, 0.15) is 0 Å². The van der Waals surface area contributed by atoms with E-state index in [0.717, 1.165) is 11.3 Å². The number of amides is 1. The van der Waals surface area contributed by atoms with E-state index in [1.54, 1.807) is 0 Å². The molecule has 0 aliphatic rings. The summed E-state index contributed by atoms with van der Waals surface area (Å²) in [5.41, 5.74) is 7.20. The minimum absolute atomic E-state index is 0.194. The van der Waals surface area contributed by atoms with Gasteiger partial charge in [-0.3, -0.25) is 4.79 Å². The standard InChI is InChI=1S/C13H15N3O2/c1-9-3-2-4-10(7-9)16-13(17)11-8-15-12(18-11)5-6-14/h2-4,7-8H,5-6,14H2,1H3,(H,16,17). The van der Waals surface area contributed by atoms with Gasteiger partial charge in [-0.15, -0.1) is 0 Å². The molecule has 2 rings (SSSR count). The smallest absolute Gasteiger partial charge is 0.293 e. The molecule has 1 amide bonds. The van der Waals surface area contributed by atoms with Crippen molar-refractivity contribution in [2.45, 2.75) is 13.3 Å². The van der Waals surface area contributed by atoms with Crippen LogP contribution in [0.2, 0.25) is 0 Å². The van der Waals surface area contributed by atoms with E-state index in [9.17, 15) is 4.79 Å². The Morgan fingerprint density at radius 1 is 1.50 bits per heavy atom. The molecular weight excluding hydrogens is 230 g/mol. The maximum absolute atomic E-state index is 11.9. The lowest BCUT2D eigenvalue weighted by molar-refractivity contribution is 0.0995. The van der Waals surface area contributed by atoms with Crippen LogP contribution in [0.15, 0.2) is 34.9 Å². The number of hydrogen-bond acceptors (Lipinski definition) is 4. The summed E-state index contributed by atoms with van der Waals surface area (Å²) in [4.78, 5) is 15.8. The van der Waals surface area contributed by atoms with Crippen LogP contribution in [0.1, 0.15) is 22.0 Å². The number of oxazole rings is 1. The summed E-state index contributed by atoms with van der Waals surface area (Å²) >= 11 is 0. The number of aryl methyl sites for hydroxylation is 1. The fourth-order valence-corrected chi connectivity index (χ4v) is 1.57. The molecule has 0 unspecified atom stereocenters. The van der Waals surface area contributed by atoms with E-state index in [2.05, 4.69) is 10.3 Å². The topological polar surface area (TPSA) is 81.2 Å². The van der Waals surface area contributed by atoms with Crippen LogP contribution in [0.3, 0.4) is 0 Å². The zero-order valence-electron chi connectivity index (χ0n) is 10.1. The molecule has 0 atom stereocenters. The maximum atomic E-state index is 11.9. The lowest BCUT2D eigenvalue weighted by atomic mass is 10.2.